The minimum absolute atomic E-state index is 0.547. The van der Waals surface area contributed by atoms with Crippen molar-refractivity contribution in [1.29, 1.82) is 10.5 Å². The molecule has 0 atom stereocenters. The van der Waals surface area contributed by atoms with Gasteiger partial charge in [-0.05, 0) is 80.9 Å². The minimum atomic E-state index is 0.547. The highest BCUT2D eigenvalue weighted by Crippen LogP contribution is 2.43. The fraction of sp³-hybridized carbons (Fsp3) is 0.0732. The second-order valence-corrected chi connectivity index (χ2v) is 11.9. The number of rotatable bonds is 3. The first-order valence-electron chi connectivity index (χ1n) is 15.1. The zero-order valence-corrected chi connectivity index (χ0v) is 25.3. The molecule has 2 aromatic heterocycles. The van der Waals surface area contributed by atoms with Crippen molar-refractivity contribution < 1.29 is 0 Å². The van der Waals surface area contributed by atoms with Gasteiger partial charge in [-0.3, -0.25) is 0 Å². The number of aromatic nitrogens is 2. The molecule has 0 saturated heterocycles. The molecule has 0 amide bonds. The van der Waals surface area contributed by atoms with Crippen LogP contribution in [0.4, 0.5) is 0 Å². The molecule has 0 saturated carbocycles. The Morgan fingerprint density at radius 2 is 0.933 bits per heavy atom. The van der Waals surface area contributed by atoms with Gasteiger partial charge in [0.1, 0.15) is 0 Å². The van der Waals surface area contributed by atoms with Crippen molar-refractivity contribution in [2.75, 3.05) is 0 Å². The number of hydrogen-bond acceptors (Lipinski definition) is 2. The van der Waals surface area contributed by atoms with Crippen LogP contribution in [0.5, 0.6) is 0 Å². The van der Waals surface area contributed by atoms with E-state index in [9.17, 15) is 10.5 Å². The molecule has 8 aromatic rings. The van der Waals surface area contributed by atoms with Gasteiger partial charge in [0, 0.05) is 32.7 Å². The molecule has 0 aliphatic heterocycles. The van der Waals surface area contributed by atoms with Crippen molar-refractivity contribution in [1.82, 2.24) is 9.13 Å². The molecular weight excluding hydrogens is 548 g/mol. The molecule has 212 valence electrons. The van der Waals surface area contributed by atoms with Gasteiger partial charge in [-0.25, -0.2) is 0 Å². The van der Waals surface area contributed by atoms with Crippen LogP contribution in [0.3, 0.4) is 0 Å². The van der Waals surface area contributed by atoms with Gasteiger partial charge in [0.2, 0.25) is 0 Å². The Morgan fingerprint density at radius 1 is 0.467 bits per heavy atom. The number of nitriles is 2. The van der Waals surface area contributed by atoms with Crippen LogP contribution in [0, 0.1) is 43.4 Å². The quantitative estimate of drug-likeness (QED) is 0.210. The second kappa shape index (κ2) is 9.98. The lowest BCUT2D eigenvalue weighted by atomic mass is 9.93. The Morgan fingerprint density at radius 3 is 1.44 bits per heavy atom. The average molecular weight is 577 g/mol. The van der Waals surface area contributed by atoms with Crippen molar-refractivity contribution in [3.05, 3.63) is 143 Å². The minimum Gasteiger partial charge on any atom is -0.308 e. The summed E-state index contributed by atoms with van der Waals surface area (Å²) in [5, 5.41) is 25.5. The first kappa shape index (κ1) is 26.5. The smallest absolute Gasteiger partial charge is 0.0998 e. The third-order valence-electron chi connectivity index (χ3n) is 8.93. The summed E-state index contributed by atoms with van der Waals surface area (Å²) in [4.78, 5) is 0. The van der Waals surface area contributed by atoms with Crippen LogP contribution in [0.15, 0.2) is 115 Å². The van der Waals surface area contributed by atoms with E-state index in [4.69, 9.17) is 0 Å². The van der Waals surface area contributed by atoms with E-state index in [2.05, 4.69) is 132 Å². The molecule has 4 heteroatoms. The third-order valence-corrected chi connectivity index (χ3v) is 8.93. The number of fused-ring (bicyclic) bond motifs is 6. The molecule has 0 radical (unpaired) electrons. The summed E-state index contributed by atoms with van der Waals surface area (Å²) >= 11 is 0. The molecule has 0 bridgehead atoms. The summed E-state index contributed by atoms with van der Waals surface area (Å²) in [6.07, 6.45) is 0. The Hall–Kier alpha value is -6.10. The fourth-order valence-electron chi connectivity index (χ4n) is 6.97. The molecular formula is C41H28N4. The Kier molecular flexibility index (Phi) is 5.88. The number of nitrogens with zero attached hydrogens (tertiary/aromatic N) is 4. The topological polar surface area (TPSA) is 57.4 Å². The van der Waals surface area contributed by atoms with Crippen LogP contribution in [-0.2, 0) is 0 Å². The van der Waals surface area contributed by atoms with Crippen molar-refractivity contribution in [3.8, 4) is 34.6 Å². The molecule has 6 aromatic carbocycles. The van der Waals surface area contributed by atoms with Gasteiger partial charge >= 0.3 is 0 Å². The number of hydrogen-bond donors (Lipinski definition) is 0. The van der Waals surface area contributed by atoms with Crippen LogP contribution in [0.1, 0.15) is 27.8 Å². The second-order valence-electron chi connectivity index (χ2n) is 11.9. The fourth-order valence-corrected chi connectivity index (χ4v) is 6.97. The van der Waals surface area contributed by atoms with E-state index >= 15 is 0 Å². The average Bonchev–Trinajstić information content (AvgIpc) is 3.56. The van der Waals surface area contributed by atoms with Gasteiger partial charge in [0.25, 0.3) is 0 Å². The molecule has 8 rings (SSSR count). The summed E-state index contributed by atoms with van der Waals surface area (Å²) in [5.74, 6) is 0. The van der Waals surface area contributed by atoms with Gasteiger partial charge < -0.3 is 9.13 Å². The predicted molar refractivity (Wildman–Crippen MR) is 184 cm³/mol. The van der Waals surface area contributed by atoms with Crippen molar-refractivity contribution >= 4 is 43.6 Å². The van der Waals surface area contributed by atoms with E-state index in [1.807, 2.05) is 25.1 Å². The summed E-state index contributed by atoms with van der Waals surface area (Å²) in [5.41, 5.74) is 12.2. The molecule has 0 N–H and O–H groups in total. The monoisotopic (exact) mass is 576 g/mol. The lowest BCUT2D eigenvalue weighted by Gasteiger charge is -2.21. The van der Waals surface area contributed by atoms with Gasteiger partial charge in [-0.2, -0.15) is 10.5 Å². The van der Waals surface area contributed by atoms with Crippen molar-refractivity contribution in [2.45, 2.75) is 20.8 Å². The van der Waals surface area contributed by atoms with Crippen molar-refractivity contribution in [2.24, 2.45) is 0 Å². The molecule has 0 aliphatic rings. The van der Waals surface area contributed by atoms with E-state index in [0.717, 1.165) is 71.7 Å². The van der Waals surface area contributed by atoms with Gasteiger partial charge in [0.05, 0.1) is 56.7 Å². The molecule has 0 fully saturated rings. The maximum absolute atomic E-state index is 10.5. The summed E-state index contributed by atoms with van der Waals surface area (Å²) in [6.45, 7) is 6.23. The van der Waals surface area contributed by atoms with E-state index in [1.54, 1.807) is 0 Å². The summed E-state index contributed by atoms with van der Waals surface area (Å²) in [7, 11) is 0. The Balaban J connectivity index is 1.63. The SMILES string of the molecule is Cc1ccc(-c2c(-n3c4ccccc4c4cc(C)ccc43)cc(C#N)cc2-n2c3ccccc3c3cc(C)ccc32)c(C#N)c1. The molecule has 0 aliphatic carbocycles. The van der Waals surface area contributed by atoms with Crippen LogP contribution in [-0.4, -0.2) is 9.13 Å². The Labute approximate surface area is 261 Å². The first-order valence-corrected chi connectivity index (χ1v) is 15.1. The van der Waals surface area contributed by atoms with Crippen LogP contribution >= 0.6 is 0 Å². The van der Waals surface area contributed by atoms with Crippen LogP contribution in [0.2, 0.25) is 0 Å². The van der Waals surface area contributed by atoms with E-state index < -0.39 is 0 Å². The van der Waals surface area contributed by atoms with Gasteiger partial charge in [-0.15, -0.1) is 0 Å². The lowest BCUT2D eigenvalue weighted by molar-refractivity contribution is 1.13. The Bertz CT molecular complexity index is 2460. The maximum atomic E-state index is 10.5. The largest absolute Gasteiger partial charge is 0.308 e. The highest BCUT2D eigenvalue weighted by atomic mass is 15.0. The van der Waals surface area contributed by atoms with Crippen LogP contribution < -0.4 is 0 Å². The molecule has 4 nitrogen and oxygen atoms in total. The van der Waals surface area contributed by atoms with Crippen molar-refractivity contribution in [3.63, 3.8) is 0 Å². The van der Waals surface area contributed by atoms with Gasteiger partial charge in [0.15, 0.2) is 0 Å². The van der Waals surface area contributed by atoms with E-state index in [1.165, 1.54) is 11.1 Å². The normalized spacial score (nSPS) is 11.4. The van der Waals surface area contributed by atoms with Gasteiger partial charge in [-0.1, -0.05) is 71.8 Å². The lowest BCUT2D eigenvalue weighted by Crippen LogP contribution is -2.06. The number of benzene rings is 6. The summed E-state index contributed by atoms with van der Waals surface area (Å²) < 4.78 is 4.53. The number of para-hydroxylation sites is 2. The summed E-state index contributed by atoms with van der Waals surface area (Å²) in [6, 6.07) is 44.9. The van der Waals surface area contributed by atoms with E-state index in [0.29, 0.717) is 11.1 Å². The predicted octanol–water partition coefficient (Wildman–Crippen LogP) is 10.2. The number of aryl methyl sites for hydroxylation is 3. The molecule has 0 unspecified atom stereocenters. The zero-order valence-electron chi connectivity index (χ0n) is 25.3. The van der Waals surface area contributed by atoms with E-state index in [-0.39, 0.29) is 0 Å². The highest BCUT2D eigenvalue weighted by molar-refractivity contribution is 6.12. The zero-order chi connectivity index (χ0) is 30.8. The standard InChI is InChI=1S/C41H28N4/c1-25-12-15-30(29(18-25)24-43)41-39(44-35-10-6-4-8-31(35)33-19-26(2)13-16-37(33)44)21-28(23-42)22-40(41)45-36-11-7-5-9-32(36)34-20-27(3)14-17-38(34)45/h4-22H,1-3H3. The maximum Gasteiger partial charge on any atom is 0.0998 e. The third kappa shape index (κ3) is 3.97. The molecule has 45 heavy (non-hydrogen) atoms. The first-order chi connectivity index (χ1) is 22.0. The molecule has 0 spiro atoms. The molecule has 2 heterocycles. The van der Waals surface area contributed by atoms with Crippen LogP contribution in [0.25, 0.3) is 66.1 Å². The highest BCUT2D eigenvalue weighted by Gasteiger charge is 2.24.